The molecule has 4 nitrogen and oxygen atoms in total. The molecule has 25 heavy (non-hydrogen) atoms. The van der Waals surface area contributed by atoms with Crippen LogP contribution in [0.5, 0.6) is 11.6 Å². The van der Waals surface area contributed by atoms with Crippen LogP contribution < -0.4 is 10.1 Å². The summed E-state index contributed by atoms with van der Waals surface area (Å²) in [6.07, 6.45) is 4.19. The number of aromatic nitrogens is 1. The van der Waals surface area contributed by atoms with Gasteiger partial charge in [0.15, 0.2) is 0 Å². The number of hydrogen-bond acceptors (Lipinski definition) is 4. The van der Waals surface area contributed by atoms with Crippen LogP contribution in [0.15, 0.2) is 42.6 Å². The van der Waals surface area contributed by atoms with Crippen LogP contribution in [0.4, 0.5) is 0 Å². The van der Waals surface area contributed by atoms with Crippen LogP contribution in [0.25, 0.3) is 0 Å². The largest absolute Gasteiger partial charge is 0.438 e. The van der Waals surface area contributed by atoms with Gasteiger partial charge in [-0.15, -0.1) is 0 Å². The summed E-state index contributed by atoms with van der Waals surface area (Å²) >= 11 is 0. The Morgan fingerprint density at radius 1 is 1.16 bits per heavy atom. The normalized spacial score (nSPS) is 16.3. The molecule has 1 aliphatic rings. The first-order valence-electron chi connectivity index (χ1n) is 9.28. The maximum absolute atomic E-state index is 6.07. The molecule has 0 radical (unpaired) electrons. The zero-order valence-electron chi connectivity index (χ0n) is 15.5. The lowest BCUT2D eigenvalue weighted by atomic mass is 10.0. The number of ether oxygens (including phenoxy) is 1. The number of rotatable bonds is 6. The number of pyridine rings is 1. The van der Waals surface area contributed by atoms with Crippen molar-refractivity contribution < 1.29 is 4.74 Å². The third-order valence-electron chi connectivity index (χ3n) is 4.99. The van der Waals surface area contributed by atoms with E-state index in [-0.39, 0.29) is 0 Å². The van der Waals surface area contributed by atoms with Crippen molar-refractivity contribution in [3.05, 3.63) is 53.7 Å². The van der Waals surface area contributed by atoms with E-state index in [0.29, 0.717) is 18.0 Å². The highest BCUT2D eigenvalue weighted by Gasteiger charge is 2.20. The van der Waals surface area contributed by atoms with Crippen LogP contribution in [0, 0.1) is 6.92 Å². The van der Waals surface area contributed by atoms with E-state index < -0.39 is 0 Å². The summed E-state index contributed by atoms with van der Waals surface area (Å²) in [5, 5.41) is 3.69. The maximum atomic E-state index is 6.07. The van der Waals surface area contributed by atoms with Gasteiger partial charge < -0.3 is 15.0 Å². The first-order chi connectivity index (χ1) is 12.1. The summed E-state index contributed by atoms with van der Waals surface area (Å²) in [7, 11) is 0. The lowest BCUT2D eigenvalue weighted by Crippen LogP contribution is -2.44. The number of hydrogen-bond donors (Lipinski definition) is 1. The number of likely N-dealkylation sites (tertiary alicyclic amines) is 1. The molecule has 0 unspecified atom stereocenters. The van der Waals surface area contributed by atoms with Gasteiger partial charge in [0.25, 0.3) is 0 Å². The average Bonchev–Trinajstić information content (AvgIpc) is 2.63. The number of nitrogens with one attached hydrogen (secondary N) is 1. The smallest absolute Gasteiger partial charge is 0.223 e. The fourth-order valence-corrected chi connectivity index (χ4v) is 3.30. The zero-order chi connectivity index (χ0) is 17.6. The van der Waals surface area contributed by atoms with Gasteiger partial charge in [-0.05, 0) is 64.4 Å². The minimum atomic E-state index is 0.571. The van der Waals surface area contributed by atoms with E-state index >= 15 is 0 Å². The Morgan fingerprint density at radius 2 is 1.92 bits per heavy atom. The second-order valence-electron chi connectivity index (χ2n) is 7.12. The molecule has 0 spiro atoms. The molecule has 0 aliphatic carbocycles. The summed E-state index contributed by atoms with van der Waals surface area (Å²) in [6, 6.07) is 13.3. The van der Waals surface area contributed by atoms with E-state index in [2.05, 4.69) is 48.1 Å². The van der Waals surface area contributed by atoms with E-state index in [1.54, 1.807) is 6.20 Å². The summed E-state index contributed by atoms with van der Waals surface area (Å²) in [6.45, 7) is 9.75. The lowest BCUT2D eigenvalue weighted by Gasteiger charge is -2.35. The molecule has 134 valence electrons. The Bertz CT molecular complexity index is 678. The number of piperidine rings is 1. The van der Waals surface area contributed by atoms with Crippen molar-refractivity contribution in [2.45, 2.75) is 52.2 Å². The average molecular weight is 339 g/mol. The van der Waals surface area contributed by atoms with Crippen molar-refractivity contribution in [3.8, 4) is 11.6 Å². The van der Waals surface area contributed by atoms with Crippen molar-refractivity contribution in [1.82, 2.24) is 15.2 Å². The first kappa shape index (κ1) is 17.9. The minimum Gasteiger partial charge on any atom is -0.438 e. The summed E-state index contributed by atoms with van der Waals surface area (Å²) in [5.41, 5.74) is 2.23. The lowest BCUT2D eigenvalue weighted by molar-refractivity contribution is 0.160. The maximum Gasteiger partial charge on any atom is 0.223 e. The molecule has 0 saturated carbocycles. The number of nitrogens with zero attached hydrogens (tertiary/aromatic N) is 2. The van der Waals surface area contributed by atoms with Gasteiger partial charge in [-0.2, -0.15) is 0 Å². The molecule has 2 aromatic rings. The van der Waals surface area contributed by atoms with Gasteiger partial charge in [0.2, 0.25) is 5.88 Å². The van der Waals surface area contributed by atoms with Gasteiger partial charge in [0.1, 0.15) is 5.75 Å². The molecule has 1 saturated heterocycles. The second-order valence-corrected chi connectivity index (χ2v) is 7.12. The fourth-order valence-electron chi connectivity index (χ4n) is 3.30. The van der Waals surface area contributed by atoms with E-state index in [4.69, 9.17) is 4.74 Å². The van der Waals surface area contributed by atoms with Crippen LogP contribution in [-0.4, -0.2) is 35.1 Å². The third kappa shape index (κ3) is 4.80. The molecule has 1 aromatic carbocycles. The monoisotopic (exact) mass is 339 g/mol. The van der Waals surface area contributed by atoms with Crippen LogP contribution in [0.3, 0.4) is 0 Å². The van der Waals surface area contributed by atoms with Crippen LogP contribution in [0.2, 0.25) is 0 Å². The zero-order valence-corrected chi connectivity index (χ0v) is 15.5. The highest BCUT2D eigenvalue weighted by atomic mass is 16.5. The van der Waals surface area contributed by atoms with Gasteiger partial charge in [-0.3, -0.25) is 0 Å². The van der Waals surface area contributed by atoms with Crippen molar-refractivity contribution in [1.29, 1.82) is 0 Å². The van der Waals surface area contributed by atoms with Crippen molar-refractivity contribution in [2.24, 2.45) is 0 Å². The van der Waals surface area contributed by atoms with E-state index in [9.17, 15) is 0 Å². The molecular formula is C21H29N3O. The van der Waals surface area contributed by atoms with Gasteiger partial charge in [-0.1, -0.05) is 24.3 Å². The topological polar surface area (TPSA) is 37.4 Å². The molecule has 1 N–H and O–H groups in total. The highest BCUT2D eigenvalue weighted by molar-refractivity contribution is 5.37. The van der Waals surface area contributed by atoms with Crippen molar-refractivity contribution >= 4 is 0 Å². The van der Waals surface area contributed by atoms with Gasteiger partial charge >= 0.3 is 0 Å². The van der Waals surface area contributed by atoms with E-state index in [1.807, 2.05) is 24.3 Å². The summed E-state index contributed by atoms with van der Waals surface area (Å²) in [5.74, 6) is 1.57. The molecule has 0 atom stereocenters. The molecule has 0 amide bonds. The minimum absolute atomic E-state index is 0.571. The number of aryl methyl sites for hydroxylation is 1. The van der Waals surface area contributed by atoms with Gasteiger partial charge in [-0.25, -0.2) is 4.98 Å². The van der Waals surface area contributed by atoms with Crippen LogP contribution in [0.1, 0.15) is 37.8 Å². The Kier molecular flexibility index (Phi) is 6.05. The van der Waals surface area contributed by atoms with Crippen molar-refractivity contribution in [2.75, 3.05) is 13.1 Å². The SMILES string of the molecule is Cc1ccccc1Oc1ncccc1CNC1CCN(C(C)C)CC1. The predicted molar refractivity (Wildman–Crippen MR) is 102 cm³/mol. The van der Waals surface area contributed by atoms with Crippen LogP contribution in [-0.2, 0) is 6.54 Å². The third-order valence-corrected chi connectivity index (χ3v) is 4.99. The Morgan fingerprint density at radius 3 is 2.64 bits per heavy atom. The molecule has 4 heteroatoms. The number of para-hydroxylation sites is 1. The van der Waals surface area contributed by atoms with E-state index in [0.717, 1.165) is 23.4 Å². The summed E-state index contributed by atoms with van der Waals surface area (Å²) < 4.78 is 6.07. The van der Waals surface area contributed by atoms with Crippen molar-refractivity contribution in [3.63, 3.8) is 0 Å². The van der Waals surface area contributed by atoms with Gasteiger partial charge in [0.05, 0.1) is 0 Å². The Labute approximate surface area is 151 Å². The van der Waals surface area contributed by atoms with Gasteiger partial charge in [0, 0.05) is 30.4 Å². The Hall–Kier alpha value is -1.91. The molecular weight excluding hydrogens is 310 g/mol. The standard InChI is InChI=1S/C21H29N3O/c1-16(2)24-13-10-19(11-14-24)23-15-18-8-6-12-22-21(18)25-20-9-5-4-7-17(20)3/h4-9,12,16,19,23H,10-11,13-15H2,1-3H3. The molecule has 0 bridgehead atoms. The predicted octanol–water partition coefficient (Wildman–Crippen LogP) is 4.14. The Balaban J connectivity index is 1.59. The van der Waals surface area contributed by atoms with Crippen LogP contribution >= 0.6 is 0 Å². The molecule has 2 heterocycles. The highest BCUT2D eigenvalue weighted by Crippen LogP contribution is 2.26. The van der Waals surface area contributed by atoms with E-state index in [1.165, 1.54) is 25.9 Å². The molecule has 1 aromatic heterocycles. The second kappa shape index (κ2) is 8.45. The fraction of sp³-hybridized carbons (Fsp3) is 0.476. The molecule has 1 aliphatic heterocycles. The molecule has 3 rings (SSSR count). The number of benzene rings is 1. The summed E-state index contributed by atoms with van der Waals surface area (Å²) in [4.78, 5) is 6.99. The first-order valence-corrected chi connectivity index (χ1v) is 9.28. The quantitative estimate of drug-likeness (QED) is 0.858. The molecule has 1 fully saturated rings.